The summed E-state index contributed by atoms with van der Waals surface area (Å²) < 4.78 is 0. The van der Waals surface area contributed by atoms with E-state index in [2.05, 4.69) is 19.9 Å². The van der Waals surface area contributed by atoms with Crippen LogP contribution in [0.1, 0.15) is 22.5 Å². The fraction of sp³-hybridized carbons (Fsp3) is 0.188. The van der Waals surface area contributed by atoms with Gasteiger partial charge in [-0.05, 0) is 37.6 Å². The zero-order valence-corrected chi connectivity index (χ0v) is 12.2. The van der Waals surface area contributed by atoms with E-state index in [1.807, 2.05) is 13.0 Å². The molecule has 0 bridgehead atoms. The van der Waals surface area contributed by atoms with E-state index in [1.165, 1.54) is 0 Å². The molecule has 110 valence electrons. The van der Waals surface area contributed by atoms with Gasteiger partial charge in [-0.25, -0.2) is 15.0 Å². The van der Waals surface area contributed by atoms with Crippen LogP contribution in [0.15, 0.2) is 23.2 Å². The smallest absolute Gasteiger partial charge is 0.179 e. The van der Waals surface area contributed by atoms with E-state index >= 15 is 0 Å². The minimum Gasteiger partial charge on any atom is -0.508 e. The molecule has 0 saturated carbocycles. The number of nitrogens with one attached hydrogen (secondary N) is 1. The van der Waals surface area contributed by atoms with Gasteiger partial charge in [-0.15, -0.1) is 0 Å². The molecular formula is C16H14N4O2. The maximum Gasteiger partial charge on any atom is 0.179 e. The monoisotopic (exact) mass is 294 g/mol. The van der Waals surface area contributed by atoms with Crippen molar-refractivity contribution < 1.29 is 10.2 Å². The number of phenolic OH excluding ortho intramolecular Hbond substituents is 2. The molecule has 0 aliphatic carbocycles. The third-order valence-electron chi connectivity index (χ3n) is 3.87. The van der Waals surface area contributed by atoms with E-state index in [-0.39, 0.29) is 11.5 Å². The van der Waals surface area contributed by atoms with Gasteiger partial charge in [0.2, 0.25) is 0 Å². The predicted octanol–water partition coefficient (Wildman–Crippen LogP) is 2.66. The molecule has 3 aromatic rings. The molecule has 0 atom stereocenters. The van der Waals surface area contributed by atoms with Gasteiger partial charge in [0.15, 0.2) is 11.5 Å². The summed E-state index contributed by atoms with van der Waals surface area (Å²) in [5, 5.41) is 20.0. The molecule has 3 heterocycles. The standard InChI is InChI=1S/C16H14N4O2/c1-7-3-14(22)10(6-13(7)21)11-4-9-5-12-16(18-8(2)17-12)20-15(9)19-11/h3,5-6,21-22H,4H2,1-2H3,(H,17,18,20). The zero-order valence-electron chi connectivity index (χ0n) is 12.2. The van der Waals surface area contributed by atoms with E-state index in [0.717, 1.165) is 16.9 Å². The number of imidazole rings is 1. The highest BCUT2D eigenvalue weighted by Gasteiger charge is 2.22. The second kappa shape index (κ2) is 4.30. The number of H-pyrrole nitrogens is 1. The molecule has 1 aromatic carbocycles. The van der Waals surface area contributed by atoms with Gasteiger partial charge in [0.1, 0.15) is 17.3 Å². The van der Waals surface area contributed by atoms with Gasteiger partial charge in [-0.3, -0.25) is 0 Å². The average molecular weight is 294 g/mol. The van der Waals surface area contributed by atoms with E-state index < -0.39 is 0 Å². The van der Waals surface area contributed by atoms with Gasteiger partial charge < -0.3 is 15.2 Å². The highest BCUT2D eigenvalue weighted by molar-refractivity contribution is 6.08. The van der Waals surface area contributed by atoms with E-state index in [9.17, 15) is 10.2 Å². The van der Waals surface area contributed by atoms with Gasteiger partial charge in [0.05, 0.1) is 11.2 Å². The van der Waals surface area contributed by atoms with Crippen LogP contribution < -0.4 is 0 Å². The zero-order chi connectivity index (χ0) is 15.4. The SMILES string of the molecule is Cc1nc2nc3c(cc2[nH]1)CC(c1cc(O)c(C)cc1O)=N3. The van der Waals surface area contributed by atoms with Crippen molar-refractivity contribution in [3.05, 3.63) is 40.7 Å². The predicted molar refractivity (Wildman–Crippen MR) is 83.0 cm³/mol. The maximum atomic E-state index is 10.1. The Hall–Kier alpha value is -2.89. The summed E-state index contributed by atoms with van der Waals surface area (Å²) in [6.45, 7) is 3.62. The molecule has 0 amide bonds. The number of benzene rings is 1. The van der Waals surface area contributed by atoms with Crippen molar-refractivity contribution in [1.82, 2.24) is 15.0 Å². The number of aromatic hydroxyl groups is 2. The molecule has 2 aromatic heterocycles. The Balaban J connectivity index is 1.82. The Kier molecular flexibility index (Phi) is 2.51. The molecule has 0 unspecified atom stereocenters. The van der Waals surface area contributed by atoms with Crippen LogP contribution in [0.5, 0.6) is 11.5 Å². The van der Waals surface area contributed by atoms with Crippen LogP contribution in [-0.2, 0) is 6.42 Å². The van der Waals surface area contributed by atoms with E-state index in [1.54, 1.807) is 19.1 Å². The van der Waals surface area contributed by atoms with E-state index in [4.69, 9.17) is 0 Å². The van der Waals surface area contributed by atoms with Gasteiger partial charge in [0.25, 0.3) is 0 Å². The third-order valence-corrected chi connectivity index (χ3v) is 3.87. The largest absolute Gasteiger partial charge is 0.508 e. The van der Waals surface area contributed by atoms with Gasteiger partial charge in [0, 0.05) is 17.5 Å². The number of aryl methyl sites for hydroxylation is 2. The number of pyridine rings is 1. The molecule has 22 heavy (non-hydrogen) atoms. The first-order valence-corrected chi connectivity index (χ1v) is 6.98. The molecule has 0 spiro atoms. The van der Waals surface area contributed by atoms with Gasteiger partial charge in [-0.1, -0.05) is 0 Å². The first-order chi connectivity index (χ1) is 10.5. The number of hydrogen-bond acceptors (Lipinski definition) is 5. The lowest BCUT2D eigenvalue weighted by atomic mass is 10.0. The van der Waals surface area contributed by atoms with Crippen LogP contribution in [0.3, 0.4) is 0 Å². The van der Waals surface area contributed by atoms with Crippen molar-refractivity contribution in [3.63, 3.8) is 0 Å². The number of rotatable bonds is 1. The summed E-state index contributed by atoms with van der Waals surface area (Å²) in [7, 11) is 0. The summed E-state index contributed by atoms with van der Waals surface area (Å²) in [6.07, 6.45) is 0.562. The van der Waals surface area contributed by atoms with Crippen molar-refractivity contribution in [3.8, 4) is 11.5 Å². The summed E-state index contributed by atoms with van der Waals surface area (Å²) in [5.74, 6) is 1.69. The number of nitrogens with zero attached hydrogens (tertiary/aromatic N) is 3. The molecular weight excluding hydrogens is 280 g/mol. The summed E-state index contributed by atoms with van der Waals surface area (Å²) >= 11 is 0. The van der Waals surface area contributed by atoms with Crippen LogP contribution in [0.4, 0.5) is 5.82 Å². The quantitative estimate of drug-likeness (QED) is 0.601. The number of fused-ring (bicyclic) bond motifs is 2. The summed E-state index contributed by atoms with van der Waals surface area (Å²) in [6, 6.07) is 5.07. The minimum atomic E-state index is 0.112. The van der Waals surface area contributed by atoms with Crippen LogP contribution in [0, 0.1) is 13.8 Å². The maximum absolute atomic E-state index is 10.1. The Morgan fingerprint density at radius 1 is 1.05 bits per heavy atom. The second-order valence-electron chi connectivity index (χ2n) is 5.56. The number of aromatic nitrogens is 3. The Labute approximate surface area is 126 Å². The van der Waals surface area contributed by atoms with E-state index in [0.29, 0.717) is 34.7 Å². The van der Waals surface area contributed by atoms with Crippen molar-refractivity contribution in [2.24, 2.45) is 4.99 Å². The minimum absolute atomic E-state index is 0.112. The topological polar surface area (TPSA) is 94.4 Å². The number of aromatic amines is 1. The molecule has 0 saturated heterocycles. The molecule has 1 aliphatic rings. The van der Waals surface area contributed by atoms with Crippen molar-refractivity contribution >= 4 is 22.7 Å². The Morgan fingerprint density at radius 2 is 1.86 bits per heavy atom. The van der Waals surface area contributed by atoms with Crippen molar-refractivity contribution in [1.29, 1.82) is 0 Å². The van der Waals surface area contributed by atoms with Gasteiger partial charge >= 0.3 is 0 Å². The molecule has 0 radical (unpaired) electrons. The third kappa shape index (κ3) is 1.84. The molecule has 6 heteroatoms. The molecule has 1 aliphatic heterocycles. The normalized spacial score (nSPS) is 13.5. The summed E-state index contributed by atoms with van der Waals surface area (Å²) in [5.41, 5.74) is 4.35. The fourth-order valence-corrected chi connectivity index (χ4v) is 2.74. The highest BCUT2D eigenvalue weighted by atomic mass is 16.3. The molecule has 3 N–H and O–H groups in total. The second-order valence-corrected chi connectivity index (χ2v) is 5.56. The van der Waals surface area contributed by atoms with Gasteiger partial charge in [-0.2, -0.15) is 0 Å². The molecule has 0 fully saturated rings. The average Bonchev–Trinajstić information content (AvgIpc) is 3.01. The van der Waals surface area contributed by atoms with Crippen LogP contribution in [0.2, 0.25) is 0 Å². The lowest BCUT2D eigenvalue weighted by molar-refractivity contribution is 0.456. The first-order valence-electron chi connectivity index (χ1n) is 6.98. The Morgan fingerprint density at radius 3 is 2.68 bits per heavy atom. The van der Waals surface area contributed by atoms with Crippen molar-refractivity contribution in [2.45, 2.75) is 20.3 Å². The lowest BCUT2D eigenvalue weighted by Gasteiger charge is -2.07. The van der Waals surface area contributed by atoms with Crippen LogP contribution in [-0.4, -0.2) is 30.9 Å². The summed E-state index contributed by atoms with van der Waals surface area (Å²) in [4.78, 5) is 16.4. The van der Waals surface area contributed by atoms with Crippen molar-refractivity contribution in [2.75, 3.05) is 0 Å². The van der Waals surface area contributed by atoms with Crippen LogP contribution in [0.25, 0.3) is 11.2 Å². The highest BCUT2D eigenvalue weighted by Crippen LogP contribution is 2.34. The molecule has 4 rings (SSSR count). The number of hydrogen-bond donors (Lipinski definition) is 3. The number of aliphatic imine (C=N–C) groups is 1. The number of phenols is 2. The lowest BCUT2D eigenvalue weighted by Crippen LogP contribution is -2.01. The van der Waals surface area contributed by atoms with Crippen LogP contribution >= 0.6 is 0 Å². The Bertz CT molecular complexity index is 956. The molecule has 6 nitrogen and oxygen atoms in total. The fourth-order valence-electron chi connectivity index (χ4n) is 2.74. The first kappa shape index (κ1) is 12.8.